The molecule has 0 radical (unpaired) electrons. The van der Waals surface area contributed by atoms with Crippen molar-refractivity contribution in [2.24, 2.45) is 27.9 Å². The zero-order valence-corrected chi connectivity index (χ0v) is 26.3. The molecule has 2 unspecified atom stereocenters. The van der Waals surface area contributed by atoms with E-state index < -0.39 is 44.4 Å². The molecule has 0 aromatic heterocycles. The van der Waals surface area contributed by atoms with E-state index in [2.05, 4.69) is 15.6 Å². The van der Waals surface area contributed by atoms with E-state index >= 15 is 0 Å². The molecule has 0 aliphatic heterocycles. The van der Waals surface area contributed by atoms with Crippen LogP contribution in [0.1, 0.15) is 74.1 Å². The van der Waals surface area contributed by atoms with Crippen LogP contribution in [-0.4, -0.2) is 50.4 Å². The molecule has 0 spiro atoms. The highest BCUT2D eigenvalue weighted by Gasteiger charge is 2.39. The number of hydrogen-bond acceptors (Lipinski definition) is 11. The zero-order valence-electron chi connectivity index (χ0n) is 25.4. The van der Waals surface area contributed by atoms with Crippen molar-refractivity contribution in [3.63, 3.8) is 0 Å². The first-order valence-corrected chi connectivity index (χ1v) is 14.5. The SMILES string of the molecule is CC(C)(CC(C)(C)C(=O)OCCC(=O)Nc1ccc(OS(=O)(=O)[O-])cc1)C(N)=O.CCC(C)(CC(C)C#N)C(=O)OC. The fraction of sp³-hybridized carbons (Fsp3) is 0.607. The Hall–Kier alpha value is -3.70. The maximum absolute atomic E-state index is 12.3. The van der Waals surface area contributed by atoms with E-state index in [1.165, 1.54) is 31.4 Å². The third kappa shape index (κ3) is 13.8. The number of ether oxygens (including phenoxy) is 2. The number of amides is 2. The Bertz CT molecular complexity index is 1240. The van der Waals surface area contributed by atoms with Crippen LogP contribution >= 0.6 is 0 Å². The van der Waals surface area contributed by atoms with E-state index in [9.17, 15) is 32.1 Å². The number of nitrogens with two attached hydrogens (primary N) is 1. The third-order valence-electron chi connectivity index (χ3n) is 6.44. The van der Waals surface area contributed by atoms with E-state index in [-0.39, 0.29) is 37.1 Å². The quantitative estimate of drug-likeness (QED) is 0.176. The van der Waals surface area contributed by atoms with Crippen molar-refractivity contribution in [2.75, 3.05) is 19.0 Å². The summed E-state index contributed by atoms with van der Waals surface area (Å²) >= 11 is 0. The molecule has 0 aliphatic rings. The topological polar surface area (TPSA) is 215 Å². The van der Waals surface area contributed by atoms with Crippen LogP contribution in [0.2, 0.25) is 0 Å². The summed E-state index contributed by atoms with van der Waals surface area (Å²) in [6, 6.07) is 7.22. The zero-order chi connectivity index (χ0) is 32.9. The van der Waals surface area contributed by atoms with Gasteiger partial charge in [0.25, 0.3) is 10.4 Å². The van der Waals surface area contributed by atoms with Gasteiger partial charge in [0, 0.05) is 17.0 Å². The molecule has 1 rings (SSSR count). The molecular formula is C28H42N3O10S-. The Morgan fingerprint density at radius 1 is 1.05 bits per heavy atom. The number of esters is 2. The molecule has 2 amide bonds. The summed E-state index contributed by atoms with van der Waals surface area (Å²) in [4.78, 5) is 47.0. The summed E-state index contributed by atoms with van der Waals surface area (Å²) in [5.74, 6) is -2.05. The number of primary amides is 1. The number of carbonyl (C=O) groups excluding carboxylic acids is 4. The average Bonchev–Trinajstić information content (AvgIpc) is 2.87. The van der Waals surface area contributed by atoms with Gasteiger partial charge in [-0.15, -0.1) is 0 Å². The molecule has 236 valence electrons. The third-order valence-corrected chi connectivity index (χ3v) is 6.83. The Labute approximate surface area is 248 Å². The molecular weight excluding hydrogens is 570 g/mol. The Kier molecular flexibility index (Phi) is 14.7. The predicted octanol–water partition coefficient (Wildman–Crippen LogP) is 3.45. The number of nitrogens with one attached hydrogen (secondary N) is 1. The molecule has 0 fully saturated rings. The lowest BCUT2D eigenvalue weighted by Crippen LogP contribution is -2.39. The van der Waals surface area contributed by atoms with Gasteiger partial charge < -0.3 is 29.3 Å². The standard InChI is InChI=1S/C18H26N2O8S.C10H17NO2/c1-17(2,15(19)22)11-18(3,4)16(23)27-10-9-14(21)20-12-5-7-13(8-6-12)28-29(24,25)26;1-5-10(3,9(12)13-4)6-8(2)7-11/h5-8H,9-11H2,1-4H3,(H2,19,22)(H,20,21)(H,24,25,26);8H,5-6H2,1-4H3/p-1. The van der Waals surface area contributed by atoms with Crippen LogP contribution in [0, 0.1) is 33.5 Å². The molecule has 0 saturated heterocycles. The minimum atomic E-state index is -4.87. The molecule has 42 heavy (non-hydrogen) atoms. The van der Waals surface area contributed by atoms with Gasteiger partial charge in [-0.05, 0) is 71.2 Å². The fourth-order valence-electron chi connectivity index (χ4n) is 3.97. The normalized spacial score (nSPS) is 13.6. The predicted molar refractivity (Wildman–Crippen MR) is 152 cm³/mol. The van der Waals surface area contributed by atoms with Gasteiger partial charge in [-0.1, -0.05) is 20.8 Å². The van der Waals surface area contributed by atoms with E-state index in [0.29, 0.717) is 18.5 Å². The second-order valence-electron chi connectivity index (χ2n) is 11.4. The molecule has 1 aromatic carbocycles. The van der Waals surface area contributed by atoms with Gasteiger partial charge in [0.1, 0.15) is 12.4 Å². The van der Waals surface area contributed by atoms with E-state index in [1.54, 1.807) is 27.7 Å². The number of nitrogens with zero attached hydrogens (tertiary/aromatic N) is 1. The van der Waals surface area contributed by atoms with Crippen LogP contribution < -0.4 is 15.2 Å². The molecule has 0 saturated carbocycles. The highest BCUT2D eigenvalue weighted by Crippen LogP contribution is 2.34. The molecule has 0 bridgehead atoms. The van der Waals surface area contributed by atoms with Crippen molar-refractivity contribution in [1.29, 1.82) is 5.26 Å². The Morgan fingerprint density at radius 3 is 2.02 bits per heavy atom. The maximum atomic E-state index is 12.3. The first-order chi connectivity index (χ1) is 19.1. The Balaban J connectivity index is 0.00000108. The van der Waals surface area contributed by atoms with Gasteiger partial charge in [-0.3, -0.25) is 19.2 Å². The van der Waals surface area contributed by atoms with Gasteiger partial charge in [0.15, 0.2) is 0 Å². The van der Waals surface area contributed by atoms with Crippen molar-refractivity contribution in [1.82, 2.24) is 0 Å². The fourth-order valence-corrected chi connectivity index (χ4v) is 4.32. The van der Waals surface area contributed by atoms with Crippen LogP contribution in [0.25, 0.3) is 0 Å². The lowest BCUT2D eigenvalue weighted by Gasteiger charge is -2.30. The second kappa shape index (κ2) is 16.1. The summed E-state index contributed by atoms with van der Waals surface area (Å²) in [7, 11) is -3.49. The molecule has 1 aromatic rings. The second-order valence-corrected chi connectivity index (χ2v) is 12.4. The van der Waals surface area contributed by atoms with Gasteiger partial charge in [-0.25, -0.2) is 8.42 Å². The van der Waals surface area contributed by atoms with Crippen LogP contribution in [-0.2, 0) is 39.1 Å². The molecule has 0 aliphatic carbocycles. The first-order valence-electron chi connectivity index (χ1n) is 13.1. The van der Waals surface area contributed by atoms with Crippen molar-refractivity contribution in [3.8, 4) is 11.8 Å². The van der Waals surface area contributed by atoms with Crippen molar-refractivity contribution < 1.29 is 45.8 Å². The van der Waals surface area contributed by atoms with Crippen LogP contribution in [0.4, 0.5) is 5.69 Å². The average molecular weight is 613 g/mol. The minimum Gasteiger partial charge on any atom is -0.716 e. The summed E-state index contributed by atoms with van der Waals surface area (Å²) < 4.78 is 45.5. The summed E-state index contributed by atoms with van der Waals surface area (Å²) in [5, 5.41) is 11.2. The summed E-state index contributed by atoms with van der Waals surface area (Å²) in [5.41, 5.74) is 3.30. The van der Waals surface area contributed by atoms with Crippen molar-refractivity contribution in [2.45, 2.75) is 74.1 Å². The smallest absolute Gasteiger partial charge is 0.311 e. The van der Waals surface area contributed by atoms with Gasteiger partial charge in [-0.2, -0.15) is 5.26 Å². The number of rotatable bonds is 14. The summed E-state index contributed by atoms with van der Waals surface area (Å²) in [6.07, 6.45) is 1.33. The van der Waals surface area contributed by atoms with E-state index in [1.807, 2.05) is 20.8 Å². The van der Waals surface area contributed by atoms with Crippen molar-refractivity contribution in [3.05, 3.63) is 24.3 Å². The highest BCUT2D eigenvalue weighted by atomic mass is 32.3. The van der Waals surface area contributed by atoms with Gasteiger partial charge >= 0.3 is 11.9 Å². The minimum absolute atomic E-state index is 0.107. The largest absolute Gasteiger partial charge is 0.716 e. The van der Waals surface area contributed by atoms with Gasteiger partial charge in [0.05, 0.1) is 30.4 Å². The van der Waals surface area contributed by atoms with Crippen LogP contribution in [0.15, 0.2) is 24.3 Å². The molecule has 13 nitrogen and oxygen atoms in total. The van der Waals surface area contributed by atoms with Crippen LogP contribution in [0.5, 0.6) is 5.75 Å². The van der Waals surface area contributed by atoms with Gasteiger partial charge in [0.2, 0.25) is 11.8 Å². The maximum Gasteiger partial charge on any atom is 0.311 e. The van der Waals surface area contributed by atoms with Crippen molar-refractivity contribution >= 4 is 39.8 Å². The molecule has 0 heterocycles. The Morgan fingerprint density at radius 2 is 1.60 bits per heavy atom. The monoisotopic (exact) mass is 612 g/mol. The van der Waals surface area contributed by atoms with Crippen LogP contribution in [0.3, 0.4) is 0 Å². The number of benzene rings is 1. The number of hydrogen-bond donors (Lipinski definition) is 2. The molecule has 2 atom stereocenters. The lowest BCUT2D eigenvalue weighted by atomic mass is 9.74. The highest BCUT2D eigenvalue weighted by molar-refractivity contribution is 7.81. The summed E-state index contributed by atoms with van der Waals surface area (Å²) in [6.45, 7) is 12.0. The van der Waals surface area contributed by atoms with E-state index in [4.69, 9.17) is 20.5 Å². The number of carbonyl (C=O) groups is 4. The number of nitriles is 1. The molecule has 14 heteroatoms. The molecule has 3 N–H and O–H groups in total. The lowest BCUT2D eigenvalue weighted by molar-refractivity contribution is -0.156. The first kappa shape index (κ1) is 38.3. The number of methoxy groups -OCH3 is 1. The number of anilines is 1. The van der Waals surface area contributed by atoms with E-state index in [0.717, 1.165) is 0 Å².